The topological polar surface area (TPSA) is 33.2 Å². The first kappa shape index (κ1) is 11.2. The van der Waals surface area contributed by atoms with E-state index in [9.17, 15) is 4.79 Å². The first-order chi connectivity index (χ1) is 7.96. The van der Waals surface area contributed by atoms with Crippen LogP contribution in [0.15, 0.2) is 0 Å². The lowest BCUT2D eigenvalue weighted by atomic mass is 9.78. The molecule has 2 aliphatic rings. The molecule has 0 radical (unpaired) electrons. The SMILES string of the molecule is CN(c1nc2c(s1)C(=O)CC(C)(C)C2)C1CC1. The smallest absolute Gasteiger partial charge is 0.186 e. The first-order valence-electron chi connectivity index (χ1n) is 6.22. The molecule has 4 heteroatoms. The second kappa shape index (κ2) is 3.55. The van der Waals surface area contributed by atoms with Gasteiger partial charge in [0, 0.05) is 19.5 Å². The maximum Gasteiger partial charge on any atom is 0.186 e. The lowest BCUT2D eigenvalue weighted by Gasteiger charge is -2.26. The molecule has 0 bridgehead atoms. The quantitative estimate of drug-likeness (QED) is 0.809. The van der Waals surface area contributed by atoms with Crippen LogP contribution in [0.3, 0.4) is 0 Å². The lowest BCUT2D eigenvalue weighted by molar-refractivity contribution is 0.0916. The van der Waals surface area contributed by atoms with Crippen LogP contribution in [-0.4, -0.2) is 23.9 Å². The van der Waals surface area contributed by atoms with Gasteiger partial charge in [0.1, 0.15) is 0 Å². The molecule has 0 amide bonds. The fourth-order valence-electron chi connectivity index (χ4n) is 2.48. The van der Waals surface area contributed by atoms with Gasteiger partial charge in [-0.3, -0.25) is 4.79 Å². The Kier molecular flexibility index (Phi) is 2.34. The third-order valence-electron chi connectivity index (χ3n) is 3.62. The molecule has 0 atom stereocenters. The fourth-order valence-corrected chi connectivity index (χ4v) is 3.53. The van der Waals surface area contributed by atoms with E-state index >= 15 is 0 Å². The van der Waals surface area contributed by atoms with Crippen LogP contribution in [0.1, 0.15) is 48.5 Å². The highest BCUT2D eigenvalue weighted by Crippen LogP contribution is 2.40. The number of rotatable bonds is 2. The van der Waals surface area contributed by atoms with Crippen molar-refractivity contribution in [2.75, 3.05) is 11.9 Å². The van der Waals surface area contributed by atoms with E-state index in [4.69, 9.17) is 0 Å². The summed E-state index contributed by atoms with van der Waals surface area (Å²) in [5.74, 6) is 0.282. The highest BCUT2D eigenvalue weighted by atomic mass is 32.1. The van der Waals surface area contributed by atoms with Gasteiger partial charge in [-0.2, -0.15) is 0 Å². The summed E-state index contributed by atoms with van der Waals surface area (Å²) in [5, 5.41) is 1.03. The normalized spacial score (nSPS) is 22.4. The van der Waals surface area contributed by atoms with Gasteiger partial charge >= 0.3 is 0 Å². The van der Waals surface area contributed by atoms with Crippen LogP contribution in [0.2, 0.25) is 0 Å². The van der Waals surface area contributed by atoms with E-state index in [-0.39, 0.29) is 11.2 Å². The van der Waals surface area contributed by atoms with Gasteiger partial charge in [-0.15, -0.1) is 0 Å². The third kappa shape index (κ3) is 1.99. The Morgan fingerprint density at radius 2 is 2.06 bits per heavy atom. The van der Waals surface area contributed by atoms with Crippen LogP contribution in [0.4, 0.5) is 5.13 Å². The molecule has 1 saturated carbocycles. The van der Waals surface area contributed by atoms with Crippen molar-refractivity contribution in [2.24, 2.45) is 5.41 Å². The number of carbonyl (C=O) groups excluding carboxylic acids is 1. The number of hydrogen-bond donors (Lipinski definition) is 0. The van der Waals surface area contributed by atoms with Crippen molar-refractivity contribution in [1.29, 1.82) is 0 Å². The number of fused-ring (bicyclic) bond motifs is 1. The zero-order chi connectivity index (χ0) is 12.2. The zero-order valence-electron chi connectivity index (χ0n) is 10.6. The van der Waals surface area contributed by atoms with E-state index in [0.717, 1.165) is 22.1 Å². The molecule has 3 rings (SSSR count). The van der Waals surface area contributed by atoms with Gasteiger partial charge in [0.15, 0.2) is 10.9 Å². The van der Waals surface area contributed by atoms with Crippen molar-refractivity contribution in [3.63, 3.8) is 0 Å². The number of anilines is 1. The van der Waals surface area contributed by atoms with E-state index in [1.54, 1.807) is 11.3 Å². The molecule has 3 nitrogen and oxygen atoms in total. The van der Waals surface area contributed by atoms with Gasteiger partial charge in [-0.25, -0.2) is 4.98 Å². The van der Waals surface area contributed by atoms with Gasteiger partial charge in [-0.05, 0) is 24.7 Å². The molecular formula is C13H18N2OS. The van der Waals surface area contributed by atoms with Crippen molar-refractivity contribution in [1.82, 2.24) is 4.98 Å². The van der Waals surface area contributed by atoms with E-state index in [0.29, 0.717) is 12.5 Å². The molecule has 2 aliphatic carbocycles. The number of aromatic nitrogens is 1. The van der Waals surface area contributed by atoms with Crippen LogP contribution >= 0.6 is 11.3 Å². The summed E-state index contributed by atoms with van der Waals surface area (Å²) < 4.78 is 0. The summed E-state index contributed by atoms with van der Waals surface area (Å²) in [6.07, 6.45) is 4.12. The van der Waals surface area contributed by atoms with Crippen molar-refractivity contribution in [2.45, 2.75) is 45.6 Å². The standard InChI is InChI=1S/C13H18N2OS/c1-13(2)6-9-11(10(16)7-13)17-12(14-9)15(3)8-4-5-8/h8H,4-7H2,1-3H3. The Balaban J connectivity index is 1.94. The predicted molar refractivity (Wildman–Crippen MR) is 70.0 cm³/mol. The van der Waals surface area contributed by atoms with Crippen molar-refractivity contribution in [3.8, 4) is 0 Å². The maximum atomic E-state index is 12.1. The van der Waals surface area contributed by atoms with Crippen LogP contribution in [0.25, 0.3) is 0 Å². The second-order valence-corrected chi connectivity index (χ2v) is 7.03. The monoisotopic (exact) mass is 250 g/mol. The number of hydrogen-bond acceptors (Lipinski definition) is 4. The van der Waals surface area contributed by atoms with Gasteiger partial charge in [0.25, 0.3) is 0 Å². The summed E-state index contributed by atoms with van der Waals surface area (Å²) in [6.45, 7) is 4.30. The Morgan fingerprint density at radius 1 is 1.35 bits per heavy atom. The van der Waals surface area contributed by atoms with E-state index < -0.39 is 0 Å². The van der Waals surface area contributed by atoms with Gasteiger partial charge in [-0.1, -0.05) is 25.2 Å². The average molecular weight is 250 g/mol. The largest absolute Gasteiger partial charge is 0.348 e. The van der Waals surface area contributed by atoms with Crippen LogP contribution in [0, 0.1) is 5.41 Å². The number of ketones is 1. The summed E-state index contributed by atoms with van der Waals surface area (Å²) in [6, 6.07) is 0.658. The van der Waals surface area contributed by atoms with E-state index in [1.165, 1.54) is 12.8 Å². The van der Waals surface area contributed by atoms with Gasteiger partial charge in [0.05, 0.1) is 10.6 Å². The number of Topliss-reactive ketones (excluding diaryl/α,β-unsaturated/α-hetero) is 1. The maximum absolute atomic E-state index is 12.1. The summed E-state index contributed by atoms with van der Waals surface area (Å²) >= 11 is 1.59. The Labute approximate surface area is 106 Å². The molecular weight excluding hydrogens is 232 g/mol. The molecule has 1 aromatic rings. The average Bonchev–Trinajstić information content (AvgIpc) is 2.96. The minimum Gasteiger partial charge on any atom is -0.348 e. The number of nitrogens with zero attached hydrogens (tertiary/aromatic N) is 2. The van der Waals surface area contributed by atoms with Crippen molar-refractivity contribution in [3.05, 3.63) is 10.6 Å². The van der Waals surface area contributed by atoms with Crippen LogP contribution in [0.5, 0.6) is 0 Å². The van der Waals surface area contributed by atoms with E-state index in [1.807, 2.05) is 0 Å². The fraction of sp³-hybridized carbons (Fsp3) is 0.692. The molecule has 0 N–H and O–H groups in total. The second-order valence-electron chi connectivity index (χ2n) is 6.06. The molecule has 0 unspecified atom stereocenters. The molecule has 0 aliphatic heterocycles. The minimum absolute atomic E-state index is 0.0770. The Morgan fingerprint density at radius 3 is 2.71 bits per heavy atom. The molecule has 1 heterocycles. The number of carbonyl (C=O) groups is 1. The summed E-state index contributed by atoms with van der Waals surface area (Å²) in [7, 11) is 2.09. The molecule has 1 aromatic heterocycles. The Bertz CT molecular complexity index is 474. The van der Waals surface area contributed by atoms with Gasteiger partial charge in [0.2, 0.25) is 0 Å². The van der Waals surface area contributed by atoms with Crippen molar-refractivity contribution >= 4 is 22.3 Å². The van der Waals surface area contributed by atoms with Crippen molar-refractivity contribution < 1.29 is 4.79 Å². The molecule has 0 spiro atoms. The minimum atomic E-state index is 0.0770. The third-order valence-corrected chi connectivity index (χ3v) is 4.85. The summed E-state index contributed by atoms with van der Waals surface area (Å²) in [4.78, 5) is 19.9. The highest BCUT2D eigenvalue weighted by molar-refractivity contribution is 7.17. The molecule has 0 saturated heterocycles. The predicted octanol–water partition coefficient (Wildman–Crippen LogP) is 2.90. The summed E-state index contributed by atoms with van der Waals surface area (Å²) in [5.41, 5.74) is 1.10. The van der Waals surface area contributed by atoms with E-state index in [2.05, 4.69) is 30.8 Å². The molecule has 0 aromatic carbocycles. The lowest BCUT2D eigenvalue weighted by Crippen LogP contribution is -2.26. The Hall–Kier alpha value is -0.900. The van der Waals surface area contributed by atoms with Crippen LogP contribution < -0.4 is 4.90 Å². The highest BCUT2D eigenvalue weighted by Gasteiger charge is 2.35. The molecule has 1 fully saturated rings. The number of thiazole rings is 1. The molecule has 17 heavy (non-hydrogen) atoms. The first-order valence-corrected chi connectivity index (χ1v) is 7.04. The van der Waals surface area contributed by atoms with Crippen LogP contribution in [-0.2, 0) is 6.42 Å². The molecule has 92 valence electrons. The van der Waals surface area contributed by atoms with Gasteiger partial charge < -0.3 is 4.90 Å². The zero-order valence-corrected chi connectivity index (χ0v) is 11.4.